The van der Waals surface area contributed by atoms with Crippen LogP contribution in [0, 0.1) is 5.82 Å². The Morgan fingerprint density at radius 1 is 1.29 bits per heavy atom. The van der Waals surface area contributed by atoms with E-state index in [1.165, 1.54) is 24.1 Å². The molecule has 0 aliphatic carbocycles. The molecule has 1 aromatic rings. The normalized spacial score (nSPS) is 15.1. The van der Waals surface area contributed by atoms with Gasteiger partial charge in [0.15, 0.2) is 0 Å². The van der Waals surface area contributed by atoms with E-state index in [-0.39, 0.29) is 5.56 Å². The average molecular weight is 295 g/mol. The number of hydrogen-bond acceptors (Lipinski definition) is 2. The van der Waals surface area contributed by atoms with Crippen LogP contribution in [0.15, 0.2) is 48.2 Å². The zero-order valence-electron chi connectivity index (χ0n) is 11.9. The van der Waals surface area contributed by atoms with Gasteiger partial charge in [0, 0.05) is 17.3 Å². The average Bonchev–Trinajstić information content (AvgIpc) is 2.44. The Bertz CT molecular complexity index is 620. The molecule has 0 saturated carbocycles. The van der Waals surface area contributed by atoms with Crippen molar-refractivity contribution in [3.63, 3.8) is 0 Å². The predicted octanol–water partition coefficient (Wildman–Crippen LogP) is 4.22. The molecule has 5 heteroatoms. The number of ether oxygens (including phenoxy) is 1. The second-order valence-corrected chi connectivity index (χ2v) is 4.70. The lowest BCUT2D eigenvalue weighted by atomic mass is 10.0. The highest BCUT2D eigenvalue weighted by Gasteiger charge is 2.24. The van der Waals surface area contributed by atoms with Gasteiger partial charge in [-0.05, 0) is 30.7 Å². The molecule has 0 radical (unpaired) electrons. The van der Waals surface area contributed by atoms with Gasteiger partial charge < -0.3 is 9.64 Å². The quantitative estimate of drug-likeness (QED) is 0.825. The highest BCUT2D eigenvalue weighted by Crippen LogP contribution is 2.33. The lowest BCUT2D eigenvalue weighted by molar-refractivity contribution is 0.123. The summed E-state index contributed by atoms with van der Waals surface area (Å²) in [5.74, 6) is -0.153. The lowest BCUT2D eigenvalue weighted by Crippen LogP contribution is -2.29. The Morgan fingerprint density at radius 3 is 2.57 bits per heavy atom. The summed E-state index contributed by atoms with van der Waals surface area (Å²) in [4.78, 5) is 1.34. The highest BCUT2D eigenvalue weighted by molar-refractivity contribution is 5.71. The van der Waals surface area contributed by atoms with E-state index in [4.69, 9.17) is 4.74 Å². The molecule has 1 aliphatic rings. The third kappa shape index (κ3) is 3.12. The molecule has 0 N–H and O–H groups in total. The minimum atomic E-state index is -2.54. The third-order valence-electron chi connectivity index (χ3n) is 3.34. The fraction of sp³-hybridized carbons (Fsp3) is 0.250. The Labute approximate surface area is 121 Å². The number of methoxy groups -OCH3 is 1. The van der Waals surface area contributed by atoms with Gasteiger partial charge in [-0.2, -0.15) is 0 Å². The van der Waals surface area contributed by atoms with Crippen LogP contribution in [0.3, 0.4) is 0 Å². The van der Waals surface area contributed by atoms with Crippen LogP contribution in [0.1, 0.15) is 12.5 Å². The first kappa shape index (κ1) is 15.2. The number of nitrogens with zero attached hydrogens (tertiary/aromatic N) is 1. The maximum Gasteiger partial charge on any atom is 0.256 e. The van der Waals surface area contributed by atoms with Crippen molar-refractivity contribution in [1.29, 1.82) is 0 Å². The van der Waals surface area contributed by atoms with Crippen LogP contribution in [-0.4, -0.2) is 25.0 Å². The largest absolute Gasteiger partial charge is 0.497 e. The molecule has 0 unspecified atom stereocenters. The highest BCUT2D eigenvalue weighted by atomic mass is 19.3. The summed E-state index contributed by atoms with van der Waals surface area (Å²) in [7, 11) is 1.44. The van der Waals surface area contributed by atoms with Crippen molar-refractivity contribution in [2.45, 2.75) is 13.3 Å². The van der Waals surface area contributed by atoms with Crippen LogP contribution in [0.5, 0.6) is 5.75 Å². The molecule has 112 valence electrons. The van der Waals surface area contributed by atoms with Gasteiger partial charge in [0.05, 0.1) is 19.4 Å². The van der Waals surface area contributed by atoms with Crippen molar-refractivity contribution >= 4 is 5.70 Å². The van der Waals surface area contributed by atoms with Gasteiger partial charge in [0.1, 0.15) is 11.6 Å². The molecule has 1 aromatic carbocycles. The fourth-order valence-electron chi connectivity index (χ4n) is 2.16. The summed E-state index contributed by atoms with van der Waals surface area (Å²) >= 11 is 0. The topological polar surface area (TPSA) is 12.5 Å². The van der Waals surface area contributed by atoms with Crippen molar-refractivity contribution in [3.8, 4) is 5.75 Å². The van der Waals surface area contributed by atoms with E-state index in [1.54, 1.807) is 25.1 Å². The van der Waals surface area contributed by atoms with Crippen molar-refractivity contribution in [2.24, 2.45) is 0 Å². The van der Waals surface area contributed by atoms with E-state index in [0.717, 1.165) is 5.57 Å². The number of hydrogen-bond donors (Lipinski definition) is 0. The summed E-state index contributed by atoms with van der Waals surface area (Å²) in [6.45, 7) is 5.05. The summed E-state index contributed by atoms with van der Waals surface area (Å²) in [6.07, 6.45) is 0.818. The van der Waals surface area contributed by atoms with Crippen molar-refractivity contribution in [2.75, 3.05) is 13.7 Å². The Balaban J connectivity index is 2.46. The van der Waals surface area contributed by atoms with Gasteiger partial charge in [-0.3, -0.25) is 0 Å². The summed E-state index contributed by atoms with van der Waals surface area (Å²) < 4.78 is 44.7. The third-order valence-corrected chi connectivity index (χ3v) is 3.34. The molecular weight excluding hydrogens is 279 g/mol. The van der Waals surface area contributed by atoms with Crippen LogP contribution < -0.4 is 4.74 Å². The number of rotatable bonds is 4. The molecule has 0 amide bonds. The first-order valence-corrected chi connectivity index (χ1v) is 6.41. The molecule has 2 nitrogen and oxygen atoms in total. The molecule has 0 saturated heterocycles. The Hall–Kier alpha value is -2.17. The van der Waals surface area contributed by atoms with E-state index in [2.05, 4.69) is 6.58 Å². The SMILES string of the molecule is C=C1C(C)=CC=C(c2ccc(OC)cc2F)N1CC(F)F. The van der Waals surface area contributed by atoms with Gasteiger partial charge in [0.2, 0.25) is 0 Å². The zero-order chi connectivity index (χ0) is 15.6. The maximum absolute atomic E-state index is 14.2. The number of benzene rings is 1. The summed E-state index contributed by atoms with van der Waals surface area (Å²) in [5, 5.41) is 0. The van der Waals surface area contributed by atoms with Gasteiger partial charge >= 0.3 is 0 Å². The molecule has 0 bridgehead atoms. The van der Waals surface area contributed by atoms with Crippen molar-refractivity contribution in [3.05, 3.63) is 59.6 Å². The number of halogens is 3. The second-order valence-electron chi connectivity index (χ2n) is 4.70. The van der Waals surface area contributed by atoms with Crippen LogP contribution in [0.2, 0.25) is 0 Å². The molecule has 0 atom stereocenters. The Morgan fingerprint density at radius 2 is 2.00 bits per heavy atom. The van der Waals surface area contributed by atoms with Crippen molar-refractivity contribution in [1.82, 2.24) is 4.90 Å². The van der Waals surface area contributed by atoms with E-state index in [9.17, 15) is 13.2 Å². The van der Waals surface area contributed by atoms with Gasteiger partial charge in [-0.15, -0.1) is 0 Å². The molecule has 21 heavy (non-hydrogen) atoms. The number of allylic oxidation sites excluding steroid dienone is 3. The van der Waals surface area contributed by atoms with Crippen LogP contribution in [0.25, 0.3) is 5.70 Å². The van der Waals surface area contributed by atoms with Gasteiger partial charge in [-0.1, -0.05) is 12.7 Å². The fourth-order valence-corrected chi connectivity index (χ4v) is 2.16. The van der Waals surface area contributed by atoms with E-state index < -0.39 is 18.8 Å². The first-order valence-electron chi connectivity index (χ1n) is 6.41. The van der Waals surface area contributed by atoms with E-state index in [0.29, 0.717) is 17.1 Å². The monoisotopic (exact) mass is 295 g/mol. The standard InChI is InChI=1S/C16H16F3NO/c1-10-4-7-15(20(11(10)2)9-16(18)19)13-6-5-12(21-3)8-14(13)17/h4-8,16H,2,9H2,1,3H3. The first-order chi connectivity index (χ1) is 9.93. The second kappa shape index (κ2) is 6.08. The maximum atomic E-state index is 14.2. The molecule has 0 aromatic heterocycles. The zero-order valence-corrected chi connectivity index (χ0v) is 11.9. The molecule has 1 aliphatic heterocycles. The van der Waals surface area contributed by atoms with Crippen LogP contribution in [0.4, 0.5) is 13.2 Å². The van der Waals surface area contributed by atoms with Crippen LogP contribution in [-0.2, 0) is 0 Å². The lowest BCUT2D eigenvalue weighted by Gasteiger charge is -2.32. The minimum Gasteiger partial charge on any atom is -0.497 e. The number of alkyl halides is 2. The Kier molecular flexibility index (Phi) is 4.40. The van der Waals surface area contributed by atoms with Crippen molar-refractivity contribution < 1.29 is 17.9 Å². The van der Waals surface area contributed by atoms with Gasteiger partial charge in [0.25, 0.3) is 6.43 Å². The van der Waals surface area contributed by atoms with E-state index >= 15 is 0 Å². The molecule has 0 fully saturated rings. The van der Waals surface area contributed by atoms with Gasteiger partial charge in [-0.25, -0.2) is 13.2 Å². The molecule has 1 heterocycles. The summed E-state index contributed by atoms with van der Waals surface area (Å²) in [5.41, 5.74) is 1.82. The molecule has 0 spiro atoms. The van der Waals surface area contributed by atoms with E-state index in [1.807, 2.05) is 0 Å². The predicted molar refractivity (Wildman–Crippen MR) is 76.5 cm³/mol. The molecule has 2 rings (SSSR count). The summed E-state index contributed by atoms with van der Waals surface area (Å²) in [6, 6.07) is 4.33. The smallest absolute Gasteiger partial charge is 0.256 e. The minimum absolute atomic E-state index is 0.237. The molecular formula is C16H16F3NO. The van der Waals surface area contributed by atoms with Crippen LogP contribution >= 0.6 is 0 Å².